The fourth-order valence-corrected chi connectivity index (χ4v) is 1.29. The fourth-order valence-electron chi connectivity index (χ4n) is 1.29. The third-order valence-electron chi connectivity index (χ3n) is 2.22. The molecule has 0 radical (unpaired) electrons. The van der Waals surface area contributed by atoms with Crippen LogP contribution in [0.3, 0.4) is 0 Å². The summed E-state index contributed by atoms with van der Waals surface area (Å²) in [6.07, 6.45) is 5.98. The lowest BCUT2D eigenvalue weighted by molar-refractivity contribution is 0.0690. The summed E-state index contributed by atoms with van der Waals surface area (Å²) >= 11 is 0. The number of rotatable bonds is 7. The number of carboxylic acids is 1. The molecule has 19 heavy (non-hydrogen) atoms. The van der Waals surface area contributed by atoms with Gasteiger partial charge in [-0.15, -0.1) is 5.10 Å². The number of hydrogen-bond donors (Lipinski definition) is 3. The lowest BCUT2D eigenvalue weighted by atomic mass is 10.4. The normalized spacial score (nSPS) is 10.6. The van der Waals surface area contributed by atoms with E-state index in [1.807, 2.05) is 19.1 Å². The maximum Gasteiger partial charge on any atom is 0.358 e. The maximum atomic E-state index is 11.3. The van der Waals surface area contributed by atoms with E-state index in [4.69, 9.17) is 5.11 Å². The molecular weight excluding hydrogens is 250 g/mol. The van der Waals surface area contributed by atoms with Crippen LogP contribution in [-0.2, 0) is 6.54 Å². The molecule has 0 unspecified atom stereocenters. The van der Waals surface area contributed by atoms with E-state index in [1.54, 1.807) is 0 Å². The van der Waals surface area contributed by atoms with Crippen LogP contribution in [0.4, 0.5) is 4.79 Å². The average Bonchev–Trinajstić information content (AvgIpc) is 2.84. The van der Waals surface area contributed by atoms with Crippen molar-refractivity contribution in [2.24, 2.45) is 0 Å². The first-order valence-electron chi connectivity index (χ1n) is 5.89. The van der Waals surface area contributed by atoms with Gasteiger partial charge in [-0.1, -0.05) is 17.4 Å². The summed E-state index contributed by atoms with van der Waals surface area (Å²) in [7, 11) is 0. The zero-order valence-electron chi connectivity index (χ0n) is 10.7. The number of hydrogen-bond acceptors (Lipinski definition) is 4. The Hall–Kier alpha value is -2.38. The number of carboxylic acid groups (broad SMARTS) is 1. The highest BCUT2D eigenvalue weighted by Crippen LogP contribution is 1.91. The third kappa shape index (κ3) is 5.66. The van der Waals surface area contributed by atoms with Crippen molar-refractivity contribution in [2.45, 2.75) is 19.9 Å². The van der Waals surface area contributed by atoms with Crippen molar-refractivity contribution in [3.63, 3.8) is 0 Å². The molecule has 0 bridgehead atoms. The second-order valence-electron chi connectivity index (χ2n) is 3.71. The predicted molar refractivity (Wildman–Crippen MR) is 67.8 cm³/mol. The summed E-state index contributed by atoms with van der Waals surface area (Å²) in [5.74, 6) is -1.12. The van der Waals surface area contributed by atoms with Crippen LogP contribution in [0.15, 0.2) is 18.3 Å². The SMILES string of the molecule is C/C=C/CCNC(=O)NCCn1cc(C(=O)O)nn1. The van der Waals surface area contributed by atoms with Crippen LogP contribution in [0.1, 0.15) is 23.8 Å². The number of aromatic nitrogens is 3. The molecule has 0 atom stereocenters. The van der Waals surface area contributed by atoms with Gasteiger partial charge in [0.1, 0.15) is 0 Å². The average molecular weight is 267 g/mol. The van der Waals surface area contributed by atoms with Gasteiger partial charge in [-0.2, -0.15) is 0 Å². The number of allylic oxidation sites excluding steroid dienone is 1. The Morgan fingerprint density at radius 1 is 1.42 bits per heavy atom. The van der Waals surface area contributed by atoms with Gasteiger partial charge in [0.2, 0.25) is 0 Å². The van der Waals surface area contributed by atoms with Crippen molar-refractivity contribution in [2.75, 3.05) is 13.1 Å². The highest BCUT2D eigenvalue weighted by molar-refractivity contribution is 5.84. The lowest BCUT2D eigenvalue weighted by Crippen LogP contribution is -2.37. The van der Waals surface area contributed by atoms with E-state index in [1.165, 1.54) is 10.9 Å². The van der Waals surface area contributed by atoms with E-state index < -0.39 is 5.97 Å². The van der Waals surface area contributed by atoms with Crippen molar-refractivity contribution in [3.05, 3.63) is 24.0 Å². The van der Waals surface area contributed by atoms with E-state index in [9.17, 15) is 9.59 Å². The van der Waals surface area contributed by atoms with Crippen LogP contribution in [-0.4, -0.2) is 45.2 Å². The van der Waals surface area contributed by atoms with Gasteiger partial charge in [0.15, 0.2) is 5.69 Å². The molecule has 0 aliphatic carbocycles. The Kier molecular flexibility index (Phi) is 6.07. The van der Waals surface area contributed by atoms with Crippen molar-refractivity contribution in [1.29, 1.82) is 0 Å². The number of amides is 2. The molecule has 8 nitrogen and oxygen atoms in total. The second-order valence-corrected chi connectivity index (χ2v) is 3.71. The Morgan fingerprint density at radius 3 is 2.79 bits per heavy atom. The topological polar surface area (TPSA) is 109 Å². The molecule has 3 N–H and O–H groups in total. The molecular formula is C11H17N5O3. The Morgan fingerprint density at radius 2 is 2.16 bits per heavy atom. The zero-order chi connectivity index (χ0) is 14.1. The minimum Gasteiger partial charge on any atom is -0.476 e. The molecule has 0 aromatic carbocycles. The van der Waals surface area contributed by atoms with E-state index in [0.717, 1.165) is 6.42 Å². The van der Waals surface area contributed by atoms with Gasteiger partial charge < -0.3 is 15.7 Å². The molecule has 0 spiro atoms. The quantitative estimate of drug-likeness (QED) is 0.484. The van der Waals surface area contributed by atoms with Crippen LogP contribution in [0.5, 0.6) is 0 Å². The van der Waals surface area contributed by atoms with Gasteiger partial charge in [-0.05, 0) is 13.3 Å². The second kappa shape index (κ2) is 7.85. The molecule has 1 rings (SSSR count). The van der Waals surface area contributed by atoms with Crippen LogP contribution in [0.25, 0.3) is 0 Å². The Bertz CT molecular complexity index is 455. The number of carbonyl (C=O) groups excluding carboxylic acids is 1. The minimum absolute atomic E-state index is 0.115. The number of carbonyl (C=O) groups is 2. The van der Waals surface area contributed by atoms with Crippen LogP contribution < -0.4 is 10.6 Å². The zero-order valence-corrected chi connectivity index (χ0v) is 10.7. The molecule has 8 heteroatoms. The summed E-state index contributed by atoms with van der Waals surface area (Å²) in [4.78, 5) is 21.9. The molecule has 1 aromatic rings. The summed E-state index contributed by atoms with van der Waals surface area (Å²) in [5, 5.41) is 21.1. The first-order chi connectivity index (χ1) is 9.13. The fraction of sp³-hybridized carbons (Fsp3) is 0.455. The molecule has 0 aliphatic heterocycles. The van der Waals surface area contributed by atoms with Crippen molar-refractivity contribution in [3.8, 4) is 0 Å². The van der Waals surface area contributed by atoms with Crippen molar-refractivity contribution < 1.29 is 14.7 Å². The van der Waals surface area contributed by atoms with E-state index in [0.29, 0.717) is 19.6 Å². The summed E-state index contributed by atoms with van der Waals surface area (Å²) in [6, 6.07) is -0.261. The molecule has 2 amide bonds. The van der Waals surface area contributed by atoms with Gasteiger partial charge in [0, 0.05) is 13.1 Å². The van der Waals surface area contributed by atoms with Crippen LogP contribution in [0.2, 0.25) is 0 Å². The first kappa shape index (κ1) is 14.7. The number of aromatic carboxylic acids is 1. The van der Waals surface area contributed by atoms with E-state index in [-0.39, 0.29) is 11.7 Å². The smallest absolute Gasteiger partial charge is 0.358 e. The monoisotopic (exact) mass is 267 g/mol. The predicted octanol–water partition coefficient (Wildman–Crippen LogP) is 0.242. The first-order valence-corrected chi connectivity index (χ1v) is 5.89. The summed E-state index contributed by atoms with van der Waals surface area (Å²) in [5.41, 5.74) is -0.115. The van der Waals surface area contributed by atoms with E-state index >= 15 is 0 Å². The number of nitrogens with one attached hydrogen (secondary N) is 2. The van der Waals surface area contributed by atoms with Crippen LogP contribution >= 0.6 is 0 Å². The van der Waals surface area contributed by atoms with Gasteiger partial charge in [0.25, 0.3) is 0 Å². The summed E-state index contributed by atoms with van der Waals surface area (Å²) in [6.45, 7) is 3.20. The van der Waals surface area contributed by atoms with Gasteiger partial charge in [-0.3, -0.25) is 0 Å². The number of nitrogens with zero attached hydrogens (tertiary/aromatic N) is 3. The van der Waals surface area contributed by atoms with Crippen LogP contribution in [0, 0.1) is 0 Å². The Balaban J connectivity index is 2.18. The highest BCUT2D eigenvalue weighted by atomic mass is 16.4. The maximum absolute atomic E-state index is 11.3. The van der Waals surface area contributed by atoms with Gasteiger partial charge in [0.05, 0.1) is 12.7 Å². The summed E-state index contributed by atoms with van der Waals surface area (Å²) < 4.78 is 1.36. The highest BCUT2D eigenvalue weighted by Gasteiger charge is 2.07. The molecule has 0 saturated carbocycles. The third-order valence-corrected chi connectivity index (χ3v) is 2.22. The molecule has 0 fully saturated rings. The molecule has 1 aromatic heterocycles. The van der Waals surface area contributed by atoms with Crippen molar-refractivity contribution in [1.82, 2.24) is 25.6 Å². The minimum atomic E-state index is -1.12. The Labute approximate surface area is 110 Å². The van der Waals surface area contributed by atoms with Crippen molar-refractivity contribution >= 4 is 12.0 Å². The molecule has 1 heterocycles. The van der Waals surface area contributed by atoms with Gasteiger partial charge >= 0.3 is 12.0 Å². The van der Waals surface area contributed by atoms with E-state index in [2.05, 4.69) is 20.9 Å². The number of urea groups is 1. The standard InChI is InChI=1S/C11H17N5O3/c1-2-3-4-5-12-11(19)13-6-7-16-8-9(10(17)18)14-15-16/h2-3,8H,4-7H2,1H3,(H,17,18)(H2,12,13,19)/b3-2+. The molecule has 104 valence electrons. The molecule has 0 aliphatic rings. The largest absolute Gasteiger partial charge is 0.476 e. The van der Waals surface area contributed by atoms with Gasteiger partial charge in [-0.25, -0.2) is 14.3 Å². The molecule has 0 saturated heterocycles. The lowest BCUT2D eigenvalue weighted by Gasteiger charge is -2.06.